The van der Waals surface area contributed by atoms with Gasteiger partial charge in [-0.3, -0.25) is 29.5 Å². The Balaban J connectivity index is 1.52. The molecule has 1 N–H and O–H groups in total. The maximum absolute atomic E-state index is 13.6. The molecule has 10 heteroatoms. The van der Waals surface area contributed by atoms with Gasteiger partial charge in [-0.2, -0.15) is 5.10 Å². The zero-order chi connectivity index (χ0) is 23.3. The number of non-ortho nitro benzene ring substituents is 1. The van der Waals surface area contributed by atoms with Crippen LogP contribution in [0.15, 0.2) is 65.8 Å². The number of rotatable bonds is 4. The van der Waals surface area contributed by atoms with E-state index in [0.717, 1.165) is 4.90 Å². The highest BCUT2D eigenvalue weighted by molar-refractivity contribution is 6.24. The lowest BCUT2D eigenvalue weighted by atomic mass is 9.88. The second-order valence-electron chi connectivity index (χ2n) is 8.11. The summed E-state index contributed by atoms with van der Waals surface area (Å²) in [6.07, 6.45) is 4.97. The first-order chi connectivity index (χ1) is 15.9. The number of aryl methyl sites for hydroxylation is 1. The molecule has 0 bridgehead atoms. The first-order valence-corrected chi connectivity index (χ1v) is 10.4. The lowest BCUT2D eigenvalue weighted by Gasteiger charge is -2.30. The molecule has 0 saturated carbocycles. The van der Waals surface area contributed by atoms with E-state index in [1.165, 1.54) is 29.4 Å². The van der Waals surface area contributed by atoms with Crippen LogP contribution in [0.1, 0.15) is 5.56 Å². The Morgan fingerprint density at radius 3 is 2.52 bits per heavy atom. The van der Waals surface area contributed by atoms with Crippen molar-refractivity contribution >= 4 is 41.0 Å². The van der Waals surface area contributed by atoms with E-state index in [9.17, 15) is 24.5 Å². The molecular formula is C23H19N5O5. The monoisotopic (exact) mass is 445 g/mol. The molecule has 0 unspecified atom stereocenters. The highest BCUT2D eigenvalue weighted by atomic mass is 16.6. The molecule has 2 fully saturated rings. The highest BCUT2D eigenvalue weighted by Gasteiger charge is 2.64. The normalized spacial score (nSPS) is 25.2. The molecule has 3 heterocycles. The molecule has 2 aromatic rings. The summed E-state index contributed by atoms with van der Waals surface area (Å²) in [6.45, 7) is 1.60. The fourth-order valence-corrected chi connectivity index (χ4v) is 4.82. The second-order valence-corrected chi connectivity index (χ2v) is 8.11. The third kappa shape index (κ3) is 3.18. The number of carbonyl (C=O) groups is 3. The maximum atomic E-state index is 13.6. The molecule has 0 aliphatic carbocycles. The fraction of sp³-hybridized carbons (Fsp3) is 0.217. The first kappa shape index (κ1) is 20.6. The zero-order valence-electron chi connectivity index (χ0n) is 17.5. The number of nitro groups is 1. The topological polar surface area (TPSA) is 125 Å². The van der Waals surface area contributed by atoms with Crippen LogP contribution in [-0.2, 0) is 14.4 Å². The van der Waals surface area contributed by atoms with Crippen molar-refractivity contribution in [3.8, 4) is 0 Å². The van der Waals surface area contributed by atoms with Gasteiger partial charge in [0.2, 0.25) is 17.7 Å². The van der Waals surface area contributed by atoms with Crippen LogP contribution in [0, 0.1) is 28.9 Å². The van der Waals surface area contributed by atoms with E-state index in [4.69, 9.17) is 0 Å². The number of carbonyl (C=O) groups excluding carboxylic acids is 3. The zero-order valence-corrected chi connectivity index (χ0v) is 17.5. The number of nitro benzene ring substituents is 1. The molecule has 3 amide bonds. The van der Waals surface area contributed by atoms with Gasteiger partial charge in [0.25, 0.3) is 5.69 Å². The third-order valence-electron chi connectivity index (χ3n) is 6.23. The van der Waals surface area contributed by atoms with Crippen molar-refractivity contribution < 1.29 is 19.3 Å². The quantitative estimate of drug-likeness (QED) is 0.437. The largest absolute Gasteiger partial charge is 0.324 e. The molecule has 0 aromatic heterocycles. The minimum absolute atomic E-state index is 0.133. The molecule has 166 valence electrons. The van der Waals surface area contributed by atoms with Gasteiger partial charge in [0.05, 0.1) is 28.5 Å². The molecule has 3 aliphatic rings. The minimum atomic E-state index is -0.985. The Kier molecular flexibility index (Phi) is 4.77. The SMILES string of the molecule is Cc1cc([N+](=O)[O-])ccc1N1C(=O)[C@@H]2[C@H](C1=O)[C@@H](C(=O)Nc1ccccc1)N1N=CC=C[C@H]21. The van der Waals surface area contributed by atoms with Crippen molar-refractivity contribution in [3.05, 3.63) is 76.4 Å². The molecule has 0 radical (unpaired) electrons. The highest BCUT2D eigenvalue weighted by Crippen LogP contribution is 2.46. The molecule has 2 saturated heterocycles. The van der Waals surface area contributed by atoms with Gasteiger partial charge in [-0.25, -0.2) is 4.90 Å². The number of allylic oxidation sites excluding steroid dienone is 1. The number of amides is 3. The van der Waals surface area contributed by atoms with Gasteiger partial charge in [-0.1, -0.05) is 24.3 Å². The van der Waals surface area contributed by atoms with Gasteiger partial charge in [0.1, 0.15) is 6.04 Å². The van der Waals surface area contributed by atoms with Crippen LogP contribution in [0.25, 0.3) is 0 Å². The average molecular weight is 445 g/mol. The summed E-state index contributed by atoms with van der Waals surface area (Å²) in [4.78, 5) is 51.9. The van der Waals surface area contributed by atoms with E-state index >= 15 is 0 Å². The van der Waals surface area contributed by atoms with E-state index < -0.39 is 46.6 Å². The Bertz CT molecular complexity index is 1240. The van der Waals surface area contributed by atoms with Crippen molar-refractivity contribution in [2.45, 2.75) is 19.0 Å². The predicted molar refractivity (Wildman–Crippen MR) is 119 cm³/mol. The molecule has 4 atom stereocenters. The molecular weight excluding hydrogens is 426 g/mol. The molecule has 5 rings (SSSR count). The van der Waals surface area contributed by atoms with Crippen molar-refractivity contribution in [2.75, 3.05) is 10.2 Å². The van der Waals surface area contributed by atoms with Crippen molar-refractivity contribution in [1.82, 2.24) is 5.01 Å². The van der Waals surface area contributed by atoms with E-state index in [-0.39, 0.29) is 11.4 Å². The number of imide groups is 1. The number of nitrogens with zero attached hydrogens (tertiary/aromatic N) is 4. The van der Waals surface area contributed by atoms with Crippen LogP contribution in [0.3, 0.4) is 0 Å². The van der Waals surface area contributed by atoms with Gasteiger partial charge in [0, 0.05) is 24.0 Å². The van der Waals surface area contributed by atoms with Crippen LogP contribution < -0.4 is 10.2 Å². The number of hydrogen-bond acceptors (Lipinski definition) is 7. The van der Waals surface area contributed by atoms with Crippen LogP contribution in [0.5, 0.6) is 0 Å². The van der Waals surface area contributed by atoms with Gasteiger partial charge >= 0.3 is 0 Å². The standard InChI is InChI=1S/C23H19N5O5/c1-13-12-15(28(32)33)9-10-16(13)26-22(30)18-17-8-5-11-24-27(17)20(19(18)23(26)31)21(29)25-14-6-3-2-4-7-14/h2-12,17-20H,1H3,(H,25,29)/t17-,18+,19+,20+/m1/s1. The minimum Gasteiger partial charge on any atom is -0.324 e. The van der Waals surface area contributed by atoms with E-state index in [2.05, 4.69) is 10.4 Å². The number of benzene rings is 2. The summed E-state index contributed by atoms with van der Waals surface area (Å²) >= 11 is 0. The van der Waals surface area contributed by atoms with Crippen molar-refractivity contribution in [1.29, 1.82) is 0 Å². The van der Waals surface area contributed by atoms with E-state index in [0.29, 0.717) is 11.3 Å². The maximum Gasteiger partial charge on any atom is 0.269 e. The molecule has 3 aliphatic heterocycles. The Morgan fingerprint density at radius 1 is 1.09 bits per heavy atom. The Labute approximate surface area is 188 Å². The molecule has 33 heavy (non-hydrogen) atoms. The summed E-state index contributed by atoms with van der Waals surface area (Å²) in [5.74, 6) is -3.15. The first-order valence-electron chi connectivity index (χ1n) is 10.4. The lowest BCUT2D eigenvalue weighted by molar-refractivity contribution is -0.384. The summed E-state index contributed by atoms with van der Waals surface area (Å²) in [7, 11) is 0. The Morgan fingerprint density at radius 2 is 1.82 bits per heavy atom. The third-order valence-corrected chi connectivity index (χ3v) is 6.23. The number of para-hydroxylation sites is 1. The lowest BCUT2D eigenvalue weighted by Crippen LogP contribution is -2.47. The van der Waals surface area contributed by atoms with Crippen LogP contribution >= 0.6 is 0 Å². The van der Waals surface area contributed by atoms with E-state index in [1.807, 2.05) is 6.07 Å². The average Bonchev–Trinajstić information content (AvgIpc) is 3.27. The fourth-order valence-electron chi connectivity index (χ4n) is 4.82. The summed E-state index contributed by atoms with van der Waals surface area (Å²) in [5.41, 5.74) is 1.14. The van der Waals surface area contributed by atoms with Gasteiger partial charge in [-0.05, 0) is 36.8 Å². The molecule has 10 nitrogen and oxygen atoms in total. The number of nitrogens with one attached hydrogen (secondary N) is 1. The van der Waals surface area contributed by atoms with Gasteiger partial charge < -0.3 is 5.32 Å². The Hall–Kier alpha value is -4.34. The molecule has 0 spiro atoms. The summed E-state index contributed by atoms with van der Waals surface area (Å²) in [6, 6.07) is 11.3. The second kappa shape index (κ2) is 7.66. The van der Waals surface area contributed by atoms with Gasteiger partial charge in [0.15, 0.2) is 0 Å². The number of fused-ring (bicyclic) bond motifs is 3. The number of hydrogen-bond donors (Lipinski definition) is 1. The van der Waals surface area contributed by atoms with Crippen molar-refractivity contribution in [2.24, 2.45) is 16.9 Å². The number of hydrazone groups is 1. The van der Waals surface area contributed by atoms with Crippen LogP contribution in [0.2, 0.25) is 0 Å². The predicted octanol–water partition coefficient (Wildman–Crippen LogP) is 2.26. The van der Waals surface area contributed by atoms with Gasteiger partial charge in [-0.15, -0.1) is 0 Å². The van der Waals surface area contributed by atoms with E-state index in [1.54, 1.807) is 43.3 Å². The summed E-state index contributed by atoms with van der Waals surface area (Å²) < 4.78 is 0. The van der Waals surface area contributed by atoms with Crippen LogP contribution in [-0.4, -0.2) is 46.0 Å². The smallest absolute Gasteiger partial charge is 0.269 e. The van der Waals surface area contributed by atoms with Crippen LogP contribution in [0.4, 0.5) is 17.1 Å². The molecule has 2 aromatic carbocycles. The van der Waals surface area contributed by atoms with Crippen molar-refractivity contribution in [3.63, 3.8) is 0 Å². The summed E-state index contributed by atoms with van der Waals surface area (Å²) in [5, 5.41) is 19.7. The number of anilines is 2.